The normalized spacial score (nSPS) is 10.5. The van der Waals surface area contributed by atoms with Crippen LogP contribution in [0.15, 0.2) is 48.7 Å². The van der Waals surface area contributed by atoms with Crippen LogP contribution in [-0.2, 0) is 4.74 Å². The van der Waals surface area contributed by atoms with E-state index in [0.717, 1.165) is 0 Å². The van der Waals surface area contributed by atoms with Gasteiger partial charge in [0.25, 0.3) is 5.91 Å². The lowest BCUT2D eigenvalue weighted by atomic mass is 10.1. The van der Waals surface area contributed by atoms with Crippen LogP contribution in [0.25, 0.3) is 5.52 Å². The molecule has 0 spiro atoms. The van der Waals surface area contributed by atoms with Crippen molar-refractivity contribution in [3.63, 3.8) is 0 Å². The number of carbonyl (C=O) groups excluding carboxylic acids is 2. The van der Waals surface area contributed by atoms with Gasteiger partial charge in [-0.05, 0) is 31.2 Å². The van der Waals surface area contributed by atoms with Gasteiger partial charge in [0.05, 0.1) is 23.9 Å². The summed E-state index contributed by atoms with van der Waals surface area (Å²) < 4.78 is 6.56. The van der Waals surface area contributed by atoms with Crippen LogP contribution in [0.3, 0.4) is 0 Å². The van der Waals surface area contributed by atoms with Crippen molar-refractivity contribution < 1.29 is 14.3 Å². The van der Waals surface area contributed by atoms with E-state index in [9.17, 15) is 9.59 Å². The number of fused-ring (bicyclic) bond motifs is 1. The molecule has 1 aromatic carbocycles. The molecule has 0 aliphatic carbocycles. The number of imidazole rings is 1. The molecule has 0 bridgehead atoms. The minimum absolute atomic E-state index is 0.295. The third-order valence-corrected chi connectivity index (χ3v) is 3.52. The van der Waals surface area contributed by atoms with Crippen molar-refractivity contribution >= 4 is 23.1 Å². The van der Waals surface area contributed by atoms with Crippen LogP contribution >= 0.6 is 0 Å². The Morgan fingerprint density at radius 1 is 1.13 bits per heavy atom. The van der Waals surface area contributed by atoms with Crippen molar-refractivity contribution in [3.05, 3.63) is 65.7 Å². The van der Waals surface area contributed by atoms with Gasteiger partial charge in [-0.3, -0.25) is 4.79 Å². The zero-order valence-corrected chi connectivity index (χ0v) is 12.7. The first-order valence-corrected chi connectivity index (χ1v) is 7.04. The van der Waals surface area contributed by atoms with Crippen LogP contribution in [0, 0.1) is 6.92 Å². The van der Waals surface area contributed by atoms with Crippen molar-refractivity contribution in [2.24, 2.45) is 0 Å². The first-order valence-electron chi connectivity index (χ1n) is 7.04. The first kappa shape index (κ1) is 14.8. The van der Waals surface area contributed by atoms with Gasteiger partial charge in [0.2, 0.25) is 0 Å². The molecule has 3 aromatic rings. The number of carbonyl (C=O) groups is 2. The molecule has 0 saturated heterocycles. The highest BCUT2D eigenvalue weighted by atomic mass is 16.5. The number of para-hydroxylation sites is 1. The number of hydrogen-bond donors (Lipinski definition) is 1. The van der Waals surface area contributed by atoms with Gasteiger partial charge < -0.3 is 14.5 Å². The maximum absolute atomic E-state index is 12.6. The van der Waals surface area contributed by atoms with Gasteiger partial charge in [0, 0.05) is 6.20 Å². The Kier molecular flexibility index (Phi) is 3.80. The molecule has 0 unspecified atom stereocenters. The summed E-state index contributed by atoms with van der Waals surface area (Å²) in [6.07, 6.45) is 1.84. The van der Waals surface area contributed by atoms with Gasteiger partial charge in [0.15, 0.2) is 5.69 Å². The molecule has 1 N–H and O–H groups in total. The number of rotatable bonds is 3. The molecule has 0 aliphatic heterocycles. The minimum Gasteiger partial charge on any atom is -0.465 e. The van der Waals surface area contributed by atoms with Crippen LogP contribution in [0.4, 0.5) is 5.69 Å². The number of pyridine rings is 1. The van der Waals surface area contributed by atoms with E-state index in [1.54, 1.807) is 24.3 Å². The van der Waals surface area contributed by atoms with E-state index in [1.807, 2.05) is 35.7 Å². The Bertz CT molecular complexity index is 899. The fraction of sp³-hybridized carbons (Fsp3) is 0.118. The van der Waals surface area contributed by atoms with Crippen molar-refractivity contribution in [2.75, 3.05) is 12.4 Å². The lowest BCUT2D eigenvalue weighted by Gasteiger charge is -2.08. The van der Waals surface area contributed by atoms with Gasteiger partial charge in [-0.15, -0.1) is 0 Å². The number of amides is 1. The number of esters is 1. The fourth-order valence-electron chi connectivity index (χ4n) is 2.42. The second-order valence-corrected chi connectivity index (χ2v) is 4.95. The maximum atomic E-state index is 12.6. The van der Waals surface area contributed by atoms with E-state index in [0.29, 0.717) is 28.3 Å². The average molecular weight is 309 g/mol. The Hall–Kier alpha value is -3.15. The summed E-state index contributed by atoms with van der Waals surface area (Å²) in [6.45, 7) is 1.83. The molecule has 2 heterocycles. The van der Waals surface area contributed by atoms with E-state index in [1.165, 1.54) is 7.11 Å². The number of aryl methyl sites for hydroxylation is 1. The molecule has 0 radical (unpaired) electrons. The van der Waals surface area contributed by atoms with E-state index in [-0.39, 0.29) is 5.91 Å². The predicted molar refractivity (Wildman–Crippen MR) is 85.7 cm³/mol. The standard InChI is InChI=1S/C17H15N3O3/c1-11-18-15(14-9-5-6-10-20(11)14)16(21)19-13-8-4-3-7-12(13)17(22)23-2/h3-10H,1-2H3,(H,19,21). The number of aromatic nitrogens is 2. The number of anilines is 1. The van der Waals surface area contributed by atoms with E-state index in [4.69, 9.17) is 4.74 Å². The van der Waals surface area contributed by atoms with Gasteiger partial charge >= 0.3 is 5.97 Å². The van der Waals surface area contributed by atoms with E-state index < -0.39 is 5.97 Å². The molecule has 0 atom stereocenters. The lowest BCUT2D eigenvalue weighted by Crippen LogP contribution is -2.16. The van der Waals surface area contributed by atoms with Gasteiger partial charge in [-0.2, -0.15) is 0 Å². The summed E-state index contributed by atoms with van der Waals surface area (Å²) in [5, 5.41) is 2.73. The fourth-order valence-corrected chi connectivity index (χ4v) is 2.42. The molecular formula is C17H15N3O3. The number of hydrogen-bond acceptors (Lipinski definition) is 4. The van der Waals surface area contributed by atoms with Gasteiger partial charge in [-0.25, -0.2) is 9.78 Å². The predicted octanol–water partition coefficient (Wildman–Crippen LogP) is 2.68. The highest BCUT2D eigenvalue weighted by molar-refractivity contribution is 6.10. The Balaban J connectivity index is 1.98. The first-order chi connectivity index (χ1) is 11.1. The largest absolute Gasteiger partial charge is 0.465 e. The Morgan fingerprint density at radius 2 is 1.87 bits per heavy atom. The zero-order chi connectivity index (χ0) is 16.4. The number of ether oxygens (including phenoxy) is 1. The summed E-state index contributed by atoms with van der Waals surface area (Å²) in [7, 11) is 1.30. The lowest BCUT2D eigenvalue weighted by molar-refractivity contribution is 0.0602. The topological polar surface area (TPSA) is 72.7 Å². The second-order valence-electron chi connectivity index (χ2n) is 4.95. The van der Waals surface area contributed by atoms with E-state index >= 15 is 0 Å². The summed E-state index contributed by atoms with van der Waals surface area (Å²) >= 11 is 0. The summed E-state index contributed by atoms with van der Waals surface area (Å²) in [4.78, 5) is 28.7. The molecule has 116 valence electrons. The van der Waals surface area contributed by atoms with Crippen LogP contribution in [-0.4, -0.2) is 28.4 Å². The molecule has 3 rings (SSSR count). The smallest absolute Gasteiger partial charge is 0.339 e. The molecule has 23 heavy (non-hydrogen) atoms. The number of nitrogens with one attached hydrogen (secondary N) is 1. The Labute approximate surface area is 132 Å². The number of benzene rings is 1. The summed E-state index contributed by atoms with van der Waals surface area (Å²) in [5.74, 6) is -0.170. The molecule has 2 aromatic heterocycles. The molecule has 0 saturated carbocycles. The van der Waals surface area contributed by atoms with Crippen LogP contribution in [0.5, 0.6) is 0 Å². The van der Waals surface area contributed by atoms with Crippen molar-refractivity contribution in [2.45, 2.75) is 6.92 Å². The monoisotopic (exact) mass is 309 g/mol. The SMILES string of the molecule is COC(=O)c1ccccc1NC(=O)c1nc(C)n2ccccc12. The highest BCUT2D eigenvalue weighted by Crippen LogP contribution is 2.19. The molecule has 6 nitrogen and oxygen atoms in total. The van der Waals surface area contributed by atoms with Gasteiger partial charge in [-0.1, -0.05) is 18.2 Å². The molecule has 0 aliphatic rings. The van der Waals surface area contributed by atoms with Crippen LogP contribution < -0.4 is 5.32 Å². The third kappa shape index (κ3) is 2.66. The van der Waals surface area contributed by atoms with Crippen LogP contribution in [0.1, 0.15) is 26.7 Å². The summed E-state index contributed by atoms with van der Waals surface area (Å²) in [5.41, 5.74) is 1.70. The highest BCUT2D eigenvalue weighted by Gasteiger charge is 2.18. The average Bonchev–Trinajstić information content (AvgIpc) is 2.92. The number of methoxy groups -OCH3 is 1. The minimum atomic E-state index is -0.508. The van der Waals surface area contributed by atoms with Crippen molar-refractivity contribution in [3.8, 4) is 0 Å². The maximum Gasteiger partial charge on any atom is 0.339 e. The van der Waals surface area contributed by atoms with Crippen molar-refractivity contribution in [1.29, 1.82) is 0 Å². The summed E-state index contributed by atoms with van der Waals surface area (Å²) in [6, 6.07) is 12.2. The number of nitrogens with zero attached hydrogens (tertiary/aromatic N) is 2. The molecule has 1 amide bonds. The quantitative estimate of drug-likeness (QED) is 0.755. The molecule has 0 fully saturated rings. The van der Waals surface area contributed by atoms with Crippen molar-refractivity contribution in [1.82, 2.24) is 9.38 Å². The zero-order valence-electron chi connectivity index (χ0n) is 12.7. The Morgan fingerprint density at radius 3 is 2.65 bits per heavy atom. The third-order valence-electron chi connectivity index (χ3n) is 3.52. The van der Waals surface area contributed by atoms with E-state index in [2.05, 4.69) is 10.3 Å². The molecular weight excluding hydrogens is 294 g/mol. The second kappa shape index (κ2) is 5.92. The van der Waals surface area contributed by atoms with Crippen LogP contribution in [0.2, 0.25) is 0 Å². The van der Waals surface area contributed by atoms with Gasteiger partial charge in [0.1, 0.15) is 5.82 Å². The molecule has 6 heteroatoms.